The van der Waals surface area contributed by atoms with Crippen LogP contribution in [-0.4, -0.2) is 26.0 Å². The molecule has 0 saturated carbocycles. The first-order chi connectivity index (χ1) is 15.0. The van der Waals surface area contributed by atoms with Crippen molar-refractivity contribution in [3.8, 4) is 23.0 Å². The van der Waals surface area contributed by atoms with E-state index < -0.39 is 5.97 Å². The number of allylic oxidation sites excluding steroid dienone is 1. The molecule has 0 radical (unpaired) electrons. The third-order valence-corrected chi connectivity index (χ3v) is 5.00. The molecule has 1 aliphatic heterocycles. The number of carbonyl (C=O) groups excluding carboxylic acids is 2. The Labute approximate surface area is 183 Å². The average molecular weight is 437 g/mol. The maximum atomic E-state index is 12.7. The number of Topliss-reactive ketones (excluding diaryl/α,β-unsaturated/α-hetero) is 1. The number of halogens is 1. The molecular weight excluding hydrogens is 420 g/mol. The van der Waals surface area contributed by atoms with Gasteiger partial charge in [-0.3, -0.25) is 4.79 Å². The Kier molecular flexibility index (Phi) is 5.64. The van der Waals surface area contributed by atoms with Crippen LogP contribution in [0.15, 0.2) is 66.4 Å². The zero-order valence-corrected chi connectivity index (χ0v) is 17.4. The van der Waals surface area contributed by atoms with Crippen LogP contribution in [0, 0.1) is 0 Å². The molecule has 7 heteroatoms. The Morgan fingerprint density at radius 1 is 0.968 bits per heavy atom. The standard InChI is InChI=1S/C24H17ClO6/c1-28-15-8-7-14(20(12-15)29-2)11-22-23(26)18-10-9-16(13-21(18)31-22)30-24(27)17-5-3-4-6-19(17)25/h3-13H,1-2H3. The normalized spacial score (nSPS) is 13.5. The van der Waals surface area contributed by atoms with Gasteiger partial charge in [-0.05, 0) is 42.5 Å². The molecule has 156 valence electrons. The zero-order chi connectivity index (χ0) is 22.0. The van der Waals surface area contributed by atoms with Crippen molar-refractivity contribution in [1.29, 1.82) is 0 Å². The molecule has 0 saturated heterocycles. The summed E-state index contributed by atoms with van der Waals surface area (Å²) in [5, 5.41) is 0.291. The van der Waals surface area contributed by atoms with Crippen molar-refractivity contribution in [3.05, 3.63) is 88.1 Å². The number of carbonyl (C=O) groups is 2. The van der Waals surface area contributed by atoms with Crippen LogP contribution in [0.2, 0.25) is 5.02 Å². The highest BCUT2D eigenvalue weighted by molar-refractivity contribution is 6.33. The summed E-state index contributed by atoms with van der Waals surface area (Å²) in [5.74, 6) is 0.950. The minimum atomic E-state index is -0.603. The van der Waals surface area contributed by atoms with Crippen molar-refractivity contribution in [2.75, 3.05) is 14.2 Å². The lowest BCUT2D eigenvalue weighted by Crippen LogP contribution is -2.09. The van der Waals surface area contributed by atoms with Gasteiger partial charge >= 0.3 is 5.97 Å². The van der Waals surface area contributed by atoms with Crippen molar-refractivity contribution in [3.63, 3.8) is 0 Å². The van der Waals surface area contributed by atoms with Gasteiger partial charge in [0.1, 0.15) is 23.0 Å². The van der Waals surface area contributed by atoms with Crippen LogP contribution in [0.4, 0.5) is 0 Å². The fourth-order valence-electron chi connectivity index (χ4n) is 3.10. The quantitative estimate of drug-likeness (QED) is 0.311. The molecule has 0 fully saturated rings. The number of hydrogen-bond acceptors (Lipinski definition) is 6. The van der Waals surface area contributed by atoms with Crippen LogP contribution in [0.5, 0.6) is 23.0 Å². The van der Waals surface area contributed by atoms with Gasteiger partial charge in [0, 0.05) is 17.7 Å². The zero-order valence-electron chi connectivity index (χ0n) is 16.7. The number of rotatable bonds is 5. The van der Waals surface area contributed by atoms with E-state index in [1.807, 2.05) is 0 Å². The maximum Gasteiger partial charge on any atom is 0.345 e. The molecule has 6 nitrogen and oxygen atoms in total. The molecule has 0 bridgehead atoms. The minimum Gasteiger partial charge on any atom is -0.497 e. The van der Waals surface area contributed by atoms with E-state index in [0.29, 0.717) is 33.4 Å². The van der Waals surface area contributed by atoms with Crippen LogP contribution in [0.1, 0.15) is 26.3 Å². The molecule has 0 aliphatic carbocycles. The highest BCUT2D eigenvalue weighted by atomic mass is 35.5. The molecular formula is C24H17ClO6. The van der Waals surface area contributed by atoms with Gasteiger partial charge in [0.15, 0.2) is 5.76 Å². The summed E-state index contributed by atoms with van der Waals surface area (Å²) in [6.45, 7) is 0. The van der Waals surface area contributed by atoms with Gasteiger partial charge in [-0.15, -0.1) is 0 Å². The first-order valence-electron chi connectivity index (χ1n) is 9.27. The highest BCUT2D eigenvalue weighted by Crippen LogP contribution is 2.36. The van der Waals surface area contributed by atoms with E-state index in [0.717, 1.165) is 0 Å². The largest absolute Gasteiger partial charge is 0.497 e. The predicted molar refractivity (Wildman–Crippen MR) is 115 cm³/mol. The van der Waals surface area contributed by atoms with E-state index in [2.05, 4.69) is 0 Å². The van der Waals surface area contributed by atoms with E-state index in [1.54, 1.807) is 61.7 Å². The van der Waals surface area contributed by atoms with Gasteiger partial charge < -0.3 is 18.9 Å². The topological polar surface area (TPSA) is 71.1 Å². The molecule has 4 rings (SSSR count). The van der Waals surface area contributed by atoms with E-state index in [1.165, 1.54) is 19.2 Å². The van der Waals surface area contributed by atoms with E-state index in [4.69, 9.17) is 30.5 Å². The number of esters is 1. The minimum absolute atomic E-state index is 0.132. The molecule has 0 aromatic heterocycles. The number of hydrogen-bond donors (Lipinski definition) is 0. The van der Waals surface area contributed by atoms with Crippen molar-refractivity contribution < 1.29 is 28.5 Å². The molecule has 1 aliphatic rings. The van der Waals surface area contributed by atoms with Gasteiger partial charge in [0.2, 0.25) is 5.78 Å². The first-order valence-corrected chi connectivity index (χ1v) is 9.65. The molecule has 0 atom stereocenters. The van der Waals surface area contributed by atoms with Gasteiger partial charge in [-0.2, -0.15) is 0 Å². The molecule has 0 unspecified atom stereocenters. The number of fused-ring (bicyclic) bond motifs is 1. The smallest absolute Gasteiger partial charge is 0.345 e. The summed E-state index contributed by atoms with van der Waals surface area (Å²) in [6, 6.07) is 16.4. The van der Waals surface area contributed by atoms with Crippen molar-refractivity contribution in [2.45, 2.75) is 0 Å². The number of ether oxygens (including phenoxy) is 4. The third kappa shape index (κ3) is 4.11. The van der Waals surface area contributed by atoms with Crippen LogP contribution < -0.4 is 18.9 Å². The lowest BCUT2D eigenvalue weighted by atomic mass is 10.1. The van der Waals surface area contributed by atoms with Gasteiger partial charge in [-0.1, -0.05) is 23.7 Å². The number of benzene rings is 3. The molecule has 1 heterocycles. The fourth-order valence-corrected chi connectivity index (χ4v) is 3.31. The summed E-state index contributed by atoms with van der Waals surface area (Å²) >= 11 is 6.04. The van der Waals surface area contributed by atoms with Gasteiger partial charge in [-0.25, -0.2) is 4.79 Å². The molecule has 0 amide bonds. The summed E-state index contributed by atoms with van der Waals surface area (Å²) in [6.07, 6.45) is 1.59. The molecule has 31 heavy (non-hydrogen) atoms. The monoisotopic (exact) mass is 436 g/mol. The summed E-state index contributed by atoms with van der Waals surface area (Å²) in [4.78, 5) is 25.1. The molecule has 0 spiro atoms. The van der Waals surface area contributed by atoms with Crippen molar-refractivity contribution in [1.82, 2.24) is 0 Å². The Morgan fingerprint density at radius 3 is 2.48 bits per heavy atom. The van der Waals surface area contributed by atoms with Crippen LogP contribution in [0.3, 0.4) is 0 Å². The second-order valence-electron chi connectivity index (χ2n) is 6.57. The fraction of sp³-hybridized carbons (Fsp3) is 0.0833. The van der Waals surface area contributed by atoms with Crippen LogP contribution in [0.25, 0.3) is 6.08 Å². The SMILES string of the molecule is COc1ccc(C=C2Oc3cc(OC(=O)c4ccccc4Cl)ccc3C2=O)c(OC)c1. The number of ketones is 1. The summed E-state index contributed by atoms with van der Waals surface area (Å²) < 4.78 is 21.7. The Hall–Kier alpha value is -3.77. The molecule has 0 N–H and O–H groups in total. The predicted octanol–water partition coefficient (Wildman–Crippen LogP) is 5.19. The Bertz CT molecular complexity index is 1210. The first kappa shape index (κ1) is 20.5. The summed E-state index contributed by atoms with van der Waals surface area (Å²) in [5.41, 5.74) is 1.27. The molecule has 3 aromatic carbocycles. The number of methoxy groups -OCH3 is 2. The van der Waals surface area contributed by atoms with Crippen LogP contribution >= 0.6 is 11.6 Å². The van der Waals surface area contributed by atoms with Crippen molar-refractivity contribution in [2.24, 2.45) is 0 Å². The third-order valence-electron chi connectivity index (χ3n) is 4.67. The molecule has 3 aromatic rings. The van der Waals surface area contributed by atoms with Crippen molar-refractivity contribution >= 4 is 29.4 Å². The van der Waals surface area contributed by atoms with Gasteiger partial charge in [0.25, 0.3) is 0 Å². The maximum absolute atomic E-state index is 12.7. The second kappa shape index (κ2) is 8.53. The van der Waals surface area contributed by atoms with Gasteiger partial charge in [0.05, 0.1) is 30.4 Å². The highest BCUT2D eigenvalue weighted by Gasteiger charge is 2.28. The lowest BCUT2D eigenvalue weighted by molar-refractivity contribution is 0.0734. The Morgan fingerprint density at radius 2 is 1.74 bits per heavy atom. The lowest BCUT2D eigenvalue weighted by Gasteiger charge is -2.08. The summed E-state index contributed by atoms with van der Waals surface area (Å²) in [7, 11) is 3.09. The van der Waals surface area contributed by atoms with E-state index >= 15 is 0 Å². The van der Waals surface area contributed by atoms with E-state index in [9.17, 15) is 9.59 Å². The average Bonchev–Trinajstić information content (AvgIpc) is 3.08. The van der Waals surface area contributed by atoms with E-state index in [-0.39, 0.29) is 22.9 Å². The van der Waals surface area contributed by atoms with Crippen LogP contribution in [-0.2, 0) is 0 Å². The Balaban J connectivity index is 1.58. The second-order valence-corrected chi connectivity index (χ2v) is 6.98.